The number of para-hydroxylation sites is 4. The molecule has 2 aromatic heterocycles. The number of fused-ring (bicyclic) bond motifs is 4. The number of nitrogens with zero attached hydrogens (tertiary/aromatic N) is 2. The largest absolute Gasteiger partial charge is 0.481 e. The predicted octanol–water partition coefficient (Wildman–Crippen LogP) is 8.67. The van der Waals surface area contributed by atoms with Crippen molar-refractivity contribution >= 4 is 103 Å². The summed E-state index contributed by atoms with van der Waals surface area (Å²) in [5.41, 5.74) is 9.83. The number of carboxylic acids is 2. The molecular formula is C44H44Cl2N4O7. The van der Waals surface area contributed by atoms with Crippen LogP contribution < -0.4 is 10.6 Å². The molecule has 0 saturated heterocycles. The second-order valence-electron chi connectivity index (χ2n) is 12.5. The maximum absolute atomic E-state index is 10.7. The average Bonchev–Trinajstić information content (AvgIpc) is 3.17. The molecule has 0 unspecified atom stereocenters. The summed E-state index contributed by atoms with van der Waals surface area (Å²) in [5.74, 6) is -1.55. The van der Waals surface area contributed by atoms with Crippen LogP contribution in [0.15, 0.2) is 146 Å². The summed E-state index contributed by atoms with van der Waals surface area (Å²) in [4.78, 5) is 30.9. The quantitative estimate of drug-likeness (QED) is 0.0977. The van der Waals surface area contributed by atoms with E-state index in [2.05, 4.69) is 34.9 Å². The van der Waals surface area contributed by atoms with Gasteiger partial charge in [-0.3, -0.25) is 9.59 Å². The van der Waals surface area contributed by atoms with Gasteiger partial charge in [-0.15, -0.1) is 24.8 Å². The van der Waals surface area contributed by atoms with E-state index in [9.17, 15) is 9.59 Å². The molecule has 8 aromatic rings. The number of aliphatic carboxylic acids is 2. The molecular weight excluding hydrogens is 767 g/mol. The minimum atomic E-state index is -0.776. The number of rotatable bonds is 10. The highest BCUT2D eigenvalue weighted by molar-refractivity contribution is 6.09. The van der Waals surface area contributed by atoms with Crippen LogP contribution in [0.2, 0.25) is 0 Å². The molecule has 0 saturated carbocycles. The van der Waals surface area contributed by atoms with Crippen molar-refractivity contribution in [2.24, 2.45) is 0 Å². The highest BCUT2D eigenvalue weighted by Gasteiger charge is 2.11. The second-order valence-corrected chi connectivity index (χ2v) is 12.5. The molecule has 296 valence electrons. The monoisotopic (exact) mass is 810 g/mol. The Hall–Kier alpha value is -6.34. The van der Waals surface area contributed by atoms with Gasteiger partial charge in [-0.05, 0) is 72.5 Å². The van der Waals surface area contributed by atoms with E-state index in [-0.39, 0.29) is 54.1 Å². The van der Waals surface area contributed by atoms with E-state index in [0.29, 0.717) is 12.8 Å². The number of aryl methyl sites for hydroxylation is 2. The summed E-state index contributed by atoms with van der Waals surface area (Å²) in [6.45, 7) is 0. The van der Waals surface area contributed by atoms with Crippen LogP contribution in [0.4, 0.5) is 22.7 Å². The van der Waals surface area contributed by atoms with E-state index < -0.39 is 11.9 Å². The molecule has 8 rings (SSSR count). The number of carboxylic acid groups (broad SMARTS) is 2. The number of carbonyl (C=O) groups is 2. The third-order valence-corrected chi connectivity index (χ3v) is 8.88. The maximum atomic E-state index is 10.7. The Morgan fingerprint density at radius 2 is 0.684 bits per heavy atom. The minimum absolute atomic E-state index is 0. The molecule has 0 aliphatic carbocycles. The van der Waals surface area contributed by atoms with E-state index in [1.165, 1.54) is 0 Å². The normalized spacial score (nSPS) is 9.96. The summed E-state index contributed by atoms with van der Waals surface area (Å²) < 4.78 is 0. The van der Waals surface area contributed by atoms with Gasteiger partial charge in [-0.25, -0.2) is 9.97 Å². The van der Waals surface area contributed by atoms with Gasteiger partial charge in [0.25, 0.3) is 0 Å². The highest BCUT2D eigenvalue weighted by atomic mass is 35.5. The number of anilines is 4. The van der Waals surface area contributed by atoms with Crippen LogP contribution in [-0.4, -0.2) is 48.5 Å². The number of pyridine rings is 2. The van der Waals surface area contributed by atoms with Gasteiger partial charge in [-0.1, -0.05) is 97.1 Å². The first kappa shape index (κ1) is 46.8. The highest BCUT2D eigenvalue weighted by Crippen LogP contribution is 2.34. The van der Waals surface area contributed by atoms with Gasteiger partial charge in [0.05, 0.1) is 33.4 Å². The molecule has 11 nitrogen and oxygen atoms in total. The van der Waals surface area contributed by atoms with Gasteiger partial charge in [0, 0.05) is 45.8 Å². The second kappa shape index (κ2) is 21.7. The zero-order valence-electron chi connectivity index (χ0n) is 30.6. The van der Waals surface area contributed by atoms with Gasteiger partial charge in [0.15, 0.2) is 0 Å². The fourth-order valence-corrected chi connectivity index (χ4v) is 6.25. The van der Waals surface area contributed by atoms with Crippen LogP contribution in [0, 0.1) is 0 Å². The van der Waals surface area contributed by atoms with Crippen molar-refractivity contribution in [3.05, 3.63) is 157 Å². The molecule has 13 heteroatoms. The van der Waals surface area contributed by atoms with Gasteiger partial charge < -0.3 is 37.3 Å². The first-order chi connectivity index (χ1) is 25.4. The van der Waals surface area contributed by atoms with Crippen LogP contribution in [0.1, 0.15) is 24.0 Å². The van der Waals surface area contributed by atoms with Crippen molar-refractivity contribution in [1.82, 2.24) is 9.97 Å². The first-order valence-corrected chi connectivity index (χ1v) is 17.1. The van der Waals surface area contributed by atoms with E-state index in [1.807, 2.05) is 121 Å². The molecule has 2 heterocycles. The Balaban J connectivity index is 0.000000362. The Bertz CT molecular complexity index is 2270. The third-order valence-electron chi connectivity index (χ3n) is 8.88. The lowest BCUT2D eigenvalue weighted by atomic mass is 10.1. The number of hydrogen-bond donors (Lipinski definition) is 4. The lowest BCUT2D eigenvalue weighted by Gasteiger charge is -2.13. The van der Waals surface area contributed by atoms with Crippen LogP contribution in [0.25, 0.3) is 43.6 Å². The van der Waals surface area contributed by atoms with Crippen molar-refractivity contribution in [2.75, 3.05) is 10.6 Å². The lowest BCUT2D eigenvalue weighted by Crippen LogP contribution is -1.98. The summed E-state index contributed by atoms with van der Waals surface area (Å²) >= 11 is 0. The number of benzene rings is 6. The van der Waals surface area contributed by atoms with Gasteiger partial charge in [0.2, 0.25) is 0 Å². The van der Waals surface area contributed by atoms with E-state index in [1.54, 1.807) is 0 Å². The van der Waals surface area contributed by atoms with Gasteiger partial charge >= 0.3 is 11.9 Å². The summed E-state index contributed by atoms with van der Waals surface area (Å²) in [7, 11) is 0. The maximum Gasteiger partial charge on any atom is 0.303 e. The fraction of sp³-hybridized carbons (Fsp3) is 0.0909. The molecule has 0 fully saturated rings. The van der Waals surface area contributed by atoms with Gasteiger partial charge in [0.1, 0.15) is 0 Å². The third kappa shape index (κ3) is 11.4. The molecule has 0 aliphatic heterocycles. The molecule has 57 heavy (non-hydrogen) atoms. The van der Waals surface area contributed by atoms with Crippen molar-refractivity contribution in [1.29, 1.82) is 0 Å². The minimum Gasteiger partial charge on any atom is -0.481 e. The number of aromatic nitrogens is 2. The van der Waals surface area contributed by atoms with Crippen LogP contribution in [-0.2, 0) is 22.4 Å². The lowest BCUT2D eigenvalue weighted by molar-refractivity contribution is -0.138. The Labute approximate surface area is 341 Å². The van der Waals surface area contributed by atoms with Crippen molar-refractivity contribution in [3.8, 4) is 0 Å². The van der Waals surface area contributed by atoms with Crippen LogP contribution >= 0.6 is 24.8 Å². The molecule has 0 radical (unpaired) electrons. The molecule has 10 N–H and O–H groups in total. The van der Waals surface area contributed by atoms with Crippen molar-refractivity contribution in [2.45, 2.75) is 25.7 Å². The van der Waals surface area contributed by atoms with E-state index in [4.69, 9.17) is 20.2 Å². The smallest absolute Gasteiger partial charge is 0.303 e. The number of hydrogen-bond acceptors (Lipinski definition) is 6. The molecule has 0 bridgehead atoms. The fourth-order valence-electron chi connectivity index (χ4n) is 6.25. The summed E-state index contributed by atoms with van der Waals surface area (Å²) in [5, 5.41) is 28.9. The number of halogens is 2. The van der Waals surface area contributed by atoms with E-state index >= 15 is 0 Å². The zero-order valence-corrected chi connectivity index (χ0v) is 32.2. The molecule has 0 aliphatic rings. The number of nitrogens with one attached hydrogen (secondary N) is 2. The summed E-state index contributed by atoms with van der Waals surface area (Å²) in [6, 6.07) is 48.2. The Morgan fingerprint density at radius 3 is 0.947 bits per heavy atom. The average molecular weight is 812 g/mol. The Kier molecular flexibility index (Phi) is 17.8. The van der Waals surface area contributed by atoms with Crippen molar-refractivity contribution < 1.29 is 36.2 Å². The molecule has 6 aromatic carbocycles. The predicted molar refractivity (Wildman–Crippen MR) is 235 cm³/mol. The SMILES string of the molecule is Cl.Cl.O.O.O.O=C(O)CCc1ccc(Nc2c3ccccc3nc3ccccc23)cc1.O=C(O)CCc1ccc(Nc2c3ccccc3nc3ccccc23)cc1. The first-order valence-electron chi connectivity index (χ1n) is 17.1. The van der Waals surface area contributed by atoms with Crippen LogP contribution in [0.3, 0.4) is 0 Å². The standard InChI is InChI=1S/2C22H18N2O2.2ClH.3H2O/c2*25-21(26)14-11-15-9-12-16(13-10-15)23-22-17-5-1-3-7-19(17)24-20-8-4-2-6-18(20)22;;;;;/h2*1-10,12-13H,11,14H2,(H,23,24)(H,25,26);2*1H;3*1H2. The van der Waals surface area contributed by atoms with Gasteiger partial charge in [-0.2, -0.15) is 0 Å². The van der Waals surface area contributed by atoms with Crippen molar-refractivity contribution in [3.63, 3.8) is 0 Å². The molecule has 0 atom stereocenters. The molecule has 0 spiro atoms. The zero-order chi connectivity index (χ0) is 35.9. The topological polar surface area (TPSA) is 219 Å². The Morgan fingerprint density at radius 1 is 0.421 bits per heavy atom. The summed E-state index contributed by atoms with van der Waals surface area (Å²) in [6.07, 6.45) is 1.37. The van der Waals surface area contributed by atoms with Crippen LogP contribution in [0.5, 0.6) is 0 Å². The molecule has 0 amide bonds. The van der Waals surface area contributed by atoms with E-state index in [0.717, 1.165) is 77.5 Å².